The maximum atomic E-state index is 15.4. The summed E-state index contributed by atoms with van der Waals surface area (Å²) in [4.78, 5) is 15.0. The lowest BCUT2D eigenvalue weighted by atomic mass is 9.80. The van der Waals surface area contributed by atoms with Crippen LogP contribution in [0.5, 0.6) is 0 Å². The van der Waals surface area contributed by atoms with E-state index in [1.807, 2.05) is 22.6 Å². The van der Waals surface area contributed by atoms with E-state index in [2.05, 4.69) is 20.1 Å². The minimum absolute atomic E-state index is 0.000294. The molecule has 0 radical (unpaired) electrons. The van der Waals surface area contributed by atoms with Crippen LogP contribution in [0, 0.1) is 11.8 Å². The van der Waals surface area contributed by atoms with Gasteiger partial charge in [0, 0.05) is 38.9 Å². The summed E-state index contributed by atoms with van der Waals surface area (Å²) in [5, 5.41) is 53.7. The highest BCUT2D eigenvalue weighted by Gasteiger charge is 2.58. The predicted octanol–water partition coefficient (Wildman–Crippen LogP) is 6.09. The number of amides is 1. The van der Waals surface area contributed by atoms with Crippen molar-refractivity contribution >= 4 is 38.5 Å². The van der Waals surface area contributed by atoms with Crippen molar-refractivity contribution in [2.75, 3.05) is 20.3 Å². The summed E-state index contributed by atoms with van der Waals surface area (Å²) < 4.78 is 84.0. The molecule has 0 bridgehead atoms. The second-order valence-corrected chi connectivity index (χ2v) is 25.4. The fourth-order valence-corrected chi connectivity index (χ4v) is 14.7. The summed E-state index contributed by atoms with van der Waals surface area (Å²) in [5.74, 6) is -0.948. The van der Waals surface area contributed by atoms with Crippen LogP contribution in [0.2, 0.25) is 0 Å². The molecule has 0 saturated carbocycles. The van der Waals surface area contributed by atoms with Gasteiger partial charge in [0.15, 0.2) is 9.84 Å². The quantitative estimate of drug-likeness (QED) is 0.0780. The van der Waals surface area contributed by atoms with Gasteiger partial charge in [0.25, 0.3) is 0 Å². The van der Waals surface area contributed by atoms with E-state index in [4.69, 9.17) is 37.9 Å². The van der Waals surface area contributed by atoms with Gasteiger partial charge in [0.1, 0.15) is 41.8 Å². The molecule has 6 heterocycles. The maximum absolute atomic E-state index is 15.4. The second kappa shape index (κ2) is 24.7. The molecule has 3 unspecified atom stereocenters. The van der Waals surface area contributed by atoms with E-state index in [-0.39, 0.29) is 61.5 Å². The zero-order chi connectivity index (χ0) is 53.2. The molecule has 1 amide bonds. The van der Waals surface area contributed by atoms with Crippen LogP contribution in [0.25, 0.3) is 0 Å². The van der Waals surface area contributed by atoms with Crippen LogP contribution in [0.3, 0.4) is 0 Å². The summed E-state index contributed by atoms with van der Waals surface area (Å²) in [5.41, 5.74) is 0.0856. The molecule has 73 heavy (non-hydrogen) atoms. The SMILES string of the molecule is C=C1C[C@H](CCCO)O[C@H]1CC[C@H]1C[C@@H](C)C(=C)[C@@H](C[C@@H]2O[C@H](C[C@H]3CN(C(=O)OC(C)(C)C)C(C)(C)O3)[C@H](OC)[C@H]2C(C(O)C[C@H]2CCC3O[C@@H]([C@@H](O)/C=C/I)[C@@H](O)[C@@H](O)[C@H]3O2)S(=O)(=O)c2ccccc2)O1. The second-order valence-electron chi connectivity index (χ2n) is 22.6. The van der Waals surface area contributed by atoms with Crippen LogP contribution in [-0.4, -0.2) is 179 Å². The standard InChI is InChI=1S/C54H82INO16S/c1-30-24-34(17-19-40-31(2)25-33(66-40)14-13-23-57)67-42(32(30)3)28-43-45(49(65-9)44(69-43)27-36-29-56(54(7,8)71-36)52(62)72-53(4,5)6)51(73(63,64)37-15-11-10-12-16-37)39(59)26-35-18-20-41-50(68-35)47(61)46(60)48(70-41)38(58)21-22-55/h10-12,15-16,21-22,30,33-36,38-51,57-61H,2-3,13-14,17-20,23-29H2,1,4-9H3/b22-21+/t30-,33+,34+,35-,36+,38+,39?,40+,41?,42-,43+,44-,45+,46+,47-,48+,49+,50+,51?/m1/s1. The first-order valence-electron chi connectivity index (χ1n) is 26.2. The van der Waals surface area contributed by atoms with Gasteiger partial charge < -0.3 is 63.4 Å². The Morgan fingerprint density at radius 2 is 1.64 bits per heavy atom. The summed E-state index contributed by atoms with van der Waals surface area (Å²) in [6, 6.07) is 8.00. The van der Waals surface area contributed by atoms with Gasteiger partial charge in [0.2, 0.25) is 0 Å². The Kier molecular flexibility index (Phi) is 19.8. The first-order valence-corrected chi connectivity index (χ1v) is 29.0. The van der Waals surface area contributed by atoms with Crippen LogP contribution < -0.4 is 0 Å². The predicted molar refractivity (Wildman–Crippen MR) is 279 cm³/mol. The van der Waals surface area contributed by atoms with Gasteiger partial charge in [-0.2, -0.15) is 0 Å². The molecule has 6 aliphatic heterocycles. The number of halogens is 1. The van der Waals surface area contributed by atoms with E-state index < -0.39 is 118 Å². The minimum atomic E-state index is -4.41. The van der Waals surface area contributed by atoms with E-state index in [0.717, 1.165) is 30.4 Å². The first kappa shape index (κ1) is 58.6. The number of aliphatic hydroxyl groups excluding tert-OH is 5. The molecule has 1 aromatic rings. The van der Waals surface area contributed by atoms with Crippen molar-refractivity contribution in [3.63, 3.8) is 0 Å². The molecule has 5 N–H and O–H groups in total. The van der Waals surface area contributed by atoms with Crippen molar-refractivity contribution in [3.8, 4) is 0 Å². The fourth-order valence-electron chi connectivity index (χ4n) is 12.1. The molecule has 0 aliphatic carbocycles. The van der Waals surface area contributed by atoms with Crippen molar-refractivity contribution in [1.82, 2.24) is 4.90 Å². The van der Waals surface area contributed by atoms with Crippen molar-refractivity contribution < 1.29 is 76.6 Å². The smallest absolute Gasteiger partial charge is 0.412 e. The Labute approximate surface area is 446 Å². The van der Waals surface area contributed by atoms with E-state index in [9.17, 15) is 30.3 Å². The van der Waals surface area contributed by atoms with Gasteiger partial charge in [-0.1, -0.05) is 60.9 Å². The average Bonchev–Trinajstić information content (AvgIpc) is 3.96. The number of fused-ring (bicyclic) bond motifs is 1. The third kappa shape index (κ3) is 13.8. The zero-order valence-corrected chi connectivity index (χ0v) is 46.6. The van der Waals surface area contributed by atoms with E-state index in [1.54, 1.807) is 56.9 Å². The number of nitrogens with zero attached hydrogens (tertiary/aromatic N) is 1. The molecule has 19 heteroatoms. The van der Waals surface area contributed by atoms with Gasteiger partial charge >= 0.3 is 6.09 Å². The molecule has 7 rings (SSSR count). The molecule has 17 nitrogen and oxygen atoms in total. The highest BCUT2D eigenvalue weighted by molar-refractivity contribution is 14.1. The number of benzene rings is 1. The zero-order valence-electron chi connectivity index (χ0n) is 43.6. The van der Waals surface area contributed by atoms with Crippen LogP contribution in [-0.2, 0) is 47.7 Å². The lowest BCUT2D eigenvalue weighted by Crippen LogP contribution is -2.63. The largest absolute Gasteiger partial charge is 0.444 e. The lowest BCUT2D eigenvalue weighted by molar-refractivity contribution is -0.275. The Morgan fingerprint density at radius 3 is 2.32 bits per heavy atom. The van der Waals surface area contributed by atoms with Gasteiger partial charge in [-0.25, -0.2) is 13.2 Å². The van der Waals surface area contributed by atoms with Gasteiger partial charge in [-0.05, 0) is 125 Å². The molecule has 6 aliphatic rings. The summed E-state index contributed by atoms with van der Waals surface area (Å²) in [6.45, 7) is 20.2. The van der Waals surface area contributed by atoms with Crippen molar-refractivity contribution in [2.24, 2.45) is 11.8 Å². The number of sulfone groups is 1. The van der Waals surface area contributed by atoms with Gasteiger partial charge in [-0.3, -0.25) is 4.90 Å². The minimum Gasteiger partial charge on any atom is -0.444 e. The summed E-state index contributed by atoms with van der Waals surface area (Å²) in [6.07, 6.45) is -7.03. The number of aliphatic hydroxyl groups is 5. The Hall–Kier alpha value is -2.09. The van der Waals surface area contributed by atoms with Crippen LogP contribution in [0.4, 0.5) is 4.79 Å². The number of hydrogen-bond donors (Lipinski definition) is 5. The highest BCUT2D eigenvalue weighted by Crippen LogP contribution is 2.46. The molecule has 6 fully saturated rings. The van der Waals surface area contributed by atoms with Crippen molar-refractivity contribution in [1.29, 1.82) is 0 Å². The van der Waals surface area contributed by atoms with Crippen LogP contribution in [0.15, 0.2) is 69.7 Å². The Balaban J connectivity index is 1.19. The number of rotatable bonds is 19. The van der Waals surface area contributed by atoms with Crippen molar-refractivity contribution in [2.45, 2.75) is 231 Å². The van der Waals surface area contributed by atoms with E-state index in [0.29, 0.717) is 32.1 Å². The maximum Gasteiger partial charge on any atom is 0.412 e. The third-order valence-electron chi connectivity index (χ3n) is 15.7. The molecule has 19 atom stereocenters. The Morgan fingerprint density at radius 1 is 0.932 bits per heavy atom. The van der Waals surface area contributed by atoms with E-state index >= 15 is 8.42 Å². The molecule has 1 aromatic carbocycles. The fraction of sp³-hybridized carbons (Fsp3) is 0.759. The van der Waals surface area contributed by atoms with Gasteiger partial charge in [-0.15, -0.1) is 0 Å². The number of hydrogen-bond acceptors (Lipinski definition) is 16. The topological polar surface area (TPSA) is 229 Å². The van der Waals surface area contributed by atoms with Crippen LogP contribution in [0.1, 0.15) is 112 Å². The number of methoxy groups -OCH3 is 1. The summed E-state index contributed by atoms with van der Waals surface area (Å²) >= 11 is 1.95. The first-order chi connectivity index (χ1) is 34.5. The monoisotopic (exact) mass is 1160 g/mol. The number of carbonyl (C=O) groups is 1. The molecule has 412 valence electrons. The molecular formula is C54H82INO16S. The highest BCUT2D eigenvalue weighted by atomic mass is 127. The van der Waals surface area contributed by atoms with Gasteiger partial charge in [0.05, 0.1) is 83.8 Å². The van der Waals surface area contributed by atoms with E-state index in [1.165, 1.54) is 30.2 Å². The molecule has 6 saturated heterocycles. The number of ether oxygens (including phenoxy) is 8. The molecular weight excluding hydrogens is 1080 g/mol. The van der Waals surface area contributed by atoms with Crippen molar-refractivity contribution in [3.05, 3.63) is 64.8 Å². The molecule has 0 aromatic heterocycles. The molecule has 0 spiro atoms. The Bertz CT molecular complexity index is 2160. The van der Waals surface area contributed by atoms with Crippen LogP contribution >= 0.6 is 22.6 Å². The lowest BCUT2D eigenvalue weighted by Gasteiger charge is -2.48. The third-order valence-corrected chi connectivity index (χ3v) is 18.4. The normalized spacial score (nSPS) is 37.4. The average molecular weight is 1160 g/mol. The summed E-state index contributed by atoms with van der Waals surface area (Å²) in [7, 11) is -2.90. The number of carbonyl (C=O) groups excluding carboxylic acids is 1.